The Bertz CT molecular complexity index is 1730. The van der Waals surface area contributed by atoms with Gasteiger partial charge in [0.15, 0.2) is 0 Å². The van der Waals surface area contributed by atoms with E-state index in [0.717, 1.165) is 65.0 Å². The SMILES string of the molecule is C=CC(=O)Nc1cc(Nc2ncc(C3CCOCC3)c(Nc3ccc4nccnc4c3P(C)C)n2)c(OC)cc1N(C)CCN(C)C. The Morgan fingerprint density at radius 3 is 2.51 bits per heavy atom. The van der Waals surface area contributed by atoms with Crippen LogP contribution in [0.1, 0.15) is 24.3 Å². The van der Waals surface area contributed by atoms with Crippen molar-refractivity contribution < 1.29 is 14.3 Å². The number of aromatic nitrogens is 4. The Kier molecular flexibility index (Phi) is 11.2. The number of carbonyl (C=O) groups excluding carboxylic acids is 1. The van der Waals surface area contributed by atoms with E-state index in [4.69, 9.17) is 19.4 Å². The van der Waals surface area contributed by atoms with Gasteiger partial charge in [-0.1, -0.05) is 14.5 Å². The van der Waals surface area contributed by atoms with Gasteiger partial charge in [-0.05, 0) is 70.5 Å². The summed E-state index contributed by atoms with van der Waals surface area (Å²) < 4.78 is 11.5. The molecule has 0 spiro atoms. The number of ether oxygens (including phenoxy) is 2. The molecular weight excluding hydrogens is 613 g/mol. The van der Waals surface area contributed by atoms with Crippen molar-refractivity contribution in [3.8, 4) is 5.75 Å². The third-order valence-electron chi connectivity index (χ3n) is 8.09. The highest BCUT2D eigenvalue weighted by Gasteiger charge is 2.23. The summed E-state index contributed by atoms with van der Waals surface area (Å²) in [6.45, 7) is 11.0. The van der Waals surface area contributed by atoms with Crippen LogP contribution in [0.2, 0.25) is 0 Å². The standard InChI is InChI=1S/C34H44N9O3P/c1-8-30(44)38-26-19-27(29(45-5)20-28(26)43(4)16-15-42(2)3)40-34-37-21-23(22-11-17-46-18-12-22)33(41-34)39-25-10-9-24-31(32(25)47(6)7)36-14-13-35-24/h8-10,13-14,19-22H,1,11-12,15-18H2,2-7H3,(H,38,44)(H2,37,39,40,41). The summed E-state index contributed by atoms with van der Waals surface area (Å²) in [6.07, 6.45) is 8.37. The summed E-state index contributed by atoms with van der Waals surface area (Å²) in [6, 6.07) is 7.79. The number of nitrogens with zero attached hydrogens (tertiary/aromatic N) is 6. The third-order valence-corrected chi connectivity index (χ3v) is 9.44. The molecule has 248 valence electrons. The summed E-state index contributed by atoms with van der Waals surface area (Å²) in [5.41, 5.74) is 5.76. The minimum absolute atomic E-state index is 0.251. The van der Waals surface area contributed by atoms with Crippen LogP contribution in [0.3, 0.4) is 0 Å². The zero-order valence-electron chi connectivity index (χ0n) is 28.0. The number of amides is 1. The molecular formula is C34H44N9O3P. The van der Waals surface area contributed by atoms with Crippen LogP contribution in [0.4, 0.5) is 34.5 Å². The van der Waals surface area contributed by atoms with Crippen LogP contribution in [-0.4, -0.2) is 98.6 Å². The van der Waals surface area contributed by atoms with Gasteiger partial charge in [0.2, 0.25) is 11.9 Å². The smallest absolute Gasteiger partial charge is 0.247 e. The lowest BCUT2D eigenvalue weighted by Crippen LogP contribution is -2.29. The molecule has 1 aliphatic heterocycles. The van der Waals surface area contributed by atoms with Crippen LogP contribution >= 0.6 is 7.92 Å². The first kappa shape index (κ1) is 34.0. The van der Waals surface area contributed by atoms with Crippen molar-refractivity contribution in [1.29, 1.82) is 0 Å². The van der Waals surface area contributed by atoms with E-state index in [1.807, 2.05) is 45.5 Å². The average Bonchev–Trinajstić information content (AvgIpc) is 3.07. The van der Waals surface area contributed by atoms with Crippen molar-refractivity contribution in [1.82, 2.24) is 24.8 Å². The Morgan fingerprint density at radius 2 is 1.81 bits per heavy atom. The van der Waals surface area contributed by atoms with Crippen LogP contribution in [0.25, 0.3) is 11.0 Å². The second kappa shape index (κ2) is 15.5. The number of rotatable bonds is 13. The summed E-state index contributed by atoms with van der Waals surface area (Å²) in [4.78, 5) is 35.6. The van der Waals surface area contributed by atoms with E-state index in [-0.39, 0.29) is 11.8 Å². The Hall–Kier alpha value is -4.38. The van der Waals surface area contributed by atoms with Crippen molar-refractivity contribution in [2.75, 3.05) is 88.7 Å². The average molecular weight is 658 g/mol. The summed E-state index contributed by atoms with van der Waals surface area (Å²) in [5, 5.41) is 11.1. The van der Waals surface area contributed by atoms with Gasteiger partial charge >= 0.3 is 0 Å². The minimum Gasteiger partial charge on any atom is -0.494 e. The number of hydrogen-bond acceptors (Lipinski definition) is 11. The first-order chi connectivity index (χ1) is 22.7. The molecule has 0 aliphatic carbocycles. The molecule has 12 nitrogen and oxygen atoms in total. The van der Waals surface area contributed by atoms with Gasteiger partial charge in [0, 0.05) is 74.6 Å². The van der Waals surface area contributed by atoms with Crippen LogP contribution in [-0.2, 0) is 9.53 Å². The summed E-state index contributed by atoms with van der Waals surface area (Å²) in [7, 11) is 7.12. The quantitative estimate of drug-likeness (QED) is 0.128. The first-order valence-electron chi connectivity index (χ1n) is 15.6. The van der Waals surface area contributed by atoms with Gasteiger partial charge in [-0.3, -0.25) is 14.8 Å². The van der Waals surface area contributed by atoms with Gasteiger partial charge in [-0.25, -0.2) is 4.98 Å². The molecule has 2 aromatic heterocycles. The van der Waals surface area contributed by atoms with Crippen LogP contribution in [0, 0.1) is 0 Å². The molecule has 1 aliphatic rings. The zero-order chi connectivity index (χ0) is 33.5. The van der Waals surface area contributed by atoms with Crippen molar-refractivity contribution in [2.24, 2.45) is 0 Å². The lowest BCUT2D eigenvalue weighted by atomic mass is 9.93. The highest BCUT2D eigenvalue weighted by molar-refractivity contribution is 7.65. The molecule has 1 fully saturated rings. The fourth-order valence-corrected chi connectivity index (χ4v) is 6.80. The number of carbonyl (C=O) groups is 1. The number of fused-ring (bicyclic) bond motifs is 1. The fraction of sp³-hybridized carbons (Fsp3) is 0.382. The first-order valence-corrected chi connectivity index (χ1v) is 17.8. The Morgan fingerprint density at radius 1 is 1.04 bits per heavy atom. The van der Waals surface area contributed by atoms with Gasteiger partial charge in [0.05, 0.1) is 35.2 Å². The lowest BCUT2D eigenvalue weighted by molar-refractivity contribution is -0.111. The summed E-state index contributed by atoms with van der Waals surface area (Å²) in [5.74, 6) is 1.62. The molecule has 1 amide bonds. The van der Waals surface area contributed by atoms with Crippen molar-refractivity contribution in [3.63, 3.8) is 0 Å². The number of anilines is 6. The molecule has 4 aromatic rings. The van der Waals surface area contributed by atoms with Gasteiger partial charge in [-0.15, -0.1) is 0 Å². The molecule has 0 atom stereocenters. The monoisotopic (exact) mass is 657 g/mol. The molecule has 5 rings (SSSR count). The molecule has 0 unspecified atom stereocenters. The molecule has 13 heteroatoms. The van der Waals surface area contributed by atoms with E-state index >= 15 is 0 Å². The number of benzene rings is 2. The molecule has 3 N–H and O–H groups in total. The van der Waals surface area contributed by atoms with E-state index in [9.17, 15) is 4.79 Å². The molecule has 47 heavy (non-hydrogen) atoms. The van der Waals surface area contributed by atoms with Gasteiger partial charge in [0.1, 0.15) is 11.6 Å². The predicted octanol–water partition coefficient (Wildman–Crippen LogP) is 5.30. The second-order valence-electron chi connectivity index (χ2n) is 11.9. The number of hydrogen-bond donors (Lipinski definition) is 3. The maximum Gasteiger partial charge on any atom is 0.247 e. The fourth-order valence-electron chi connectivity index (χ4n) is 5.59. The maximum absolute atomic E-state index is 12.5. The molecule has 0 bridgehead atoms. The van der Waals surface area contributed by atoms with E-state index in [2.05, 4.69) is 61.7 Å². The molecule has 1 saturated heterocycles. The van der Waals surface area contributed by atoms with Crippen molar-refractivity contribution in [2.45, 2.75) is 18.8 Å². The largest absolute Gasteiger partial charge is 0.494 e. The topological polar surface area (TPSA) is 130 Å². The predicted molar refractivity (Wildman–Crippen MR) is 193 cm³/mol. The highest BCUT2D eigenvalue weighted by Crippen LogP contribution is 2.40. The Labute approximate surface area is 277 Å². The normalized spacial score (nSPS) is 13.5. The number of nitrogens with one attached hydrogen (secondary N) is 3. The zero-order valence-corrected chi connectivity index (χ0v) is 28.9. The Balaban J connectivity index is 1.55. The molecule has 3 heterocycles. The minimum atomic E-state index is -0.527. The third kappa shape index (κ3) is 8.13. The summed E-state index contributed by atoms with van der Waals surface area (Å²) >= 11 is 0. The lowest BCUT2D eigenvalue weighted by Gasteiger charge is -2.26. The molecule has 0 saturated carbocycles. The van der Waals surface area contributed by atoms with Crippen molar-refractivity contribution >= 4 is 64.7 Å². The van der Waals surface area contributed by atoms with Gasteiger partial charge < -0.3 is 35.2 Å². The van der Waals surface area contributed by atoms with E-state index in [1.54, 1.807) is 19.5 Å². The van der Waals surface area contributed by atoms with Crippen LogP contribution in [0.5, 0.6) is 5.75 Å². The molecule has 0 radical (unpaired) electrons. The second-order valence-corrected chi connectivity index (χ2v) is 14.1. The van der Waals surface area contributed by atoms with Gasteiger partial charge in [-0.2, -0.15) is 4.98 Å². The highest BCUT2D eigenvalue weighted by atomic mass is 31.1. The van der Waals surface area contributed by atoms with Gasteiger partial charge in [0.25, 0.3) is 0 Å². The molecule has 2 aromatic carbocycles. The number of likely N-dealkylation sites (N-methyl/N-ethyl adjacent to an activating group) is 2. The van der Waals surface area contributed by atoms with E-state index in [1.165, 1.54) is 6.08 Å². The van der Waals surface area contributed by atoms with Crippen LogP contribution < -0.4 is 30.9 Å². The van der Waals surface area contributed by atoms with E-state index in [0.29, 0.717) is 36.3 Å². The number of methoxy groups -OCH3 is 1. The van der Waals surface area contributed by atoms with Crippen LogP contribution in [0.15, 0.2) is 55.5 Å². The maximum atomic E-state index is 12.5. The van der Waals surface area contributed by atoms with E-state index < -0.39 is 7.92 Å². The van der Waals surface area contributed by atoms with Crippen molar-refractivity contribution in [3.05, 3.63) is 61.1 Å².